The molecule has 1 aromatic rings. The minimum Gasteiger partial charge on any atom is -0.507 e. The number of phenolic OH excluding ortho intramolecular Hbond substituents is 1. The highest BCUT2D eigenvalue weighted by molar-refractivity contribution is 14.1. The molecule has 0 aliphatic heterocycles. The summed E-state index contributed by atoms with van der Waals surface area (Å²) in [6, 6.07) is 4.49. The zero-order valence-corrected chi connectivity index (χ0v) is 10.2. The summed E-state index contributed by atoms with van der Waals surface area (Å²) in [5, 5.41) is 26.6. The molecule has 0 radical (unpaired) electrons. The van der Waals surface area contributed by atoms with Gasteiger partial charge in [0, 0.05) is 0 Å². The maximum absolute atomic E-state index is 10.7. The molecule has 1 rings (SSSR count). The molecule has 86 valence electrons. The topological polar surface area (TPSA) is 94.8 Å². The standard InChI is InChI=1S/C10H9IO5/c11-7-4-5(1-2-8(7)12)3-6(9(13)14)10(15)16/h1-2,4,6,12H,3H2,(H,13,14)(H,15,16). The number of phenols is 1. The lowest BCUT2D eigenvalue weighted by atomic mass is 10.00. The van der Waals surface area contributed by atoms with Crippen molar-refractivity contribution < 1.29 is 24.9 Å². The van der Waals surface area contributed by atoms with Crippen LogP contribution >= 0.6 is 22.6 Å². The maximum Gasteiger partial charge on any atom is 0.318 e. The molecule has 0 bridgehead atoms. The second kappa shape index (κ2) is 5.15. The van der Waals surface area contributed by atoms with Crippen molar-refractivity contribution in [2.45, 2.75) is 6.42 Å². The fourth-order valence-electron chi connectivity index (χ4n) is 1.19. The molecule has 0 unspecified atom stereocenters. The first-order valence-corrected chi connectivity index (χ1v) is 5.42. The van der Waals surface area contributed by atoms with Crippen LogP contribution in [-0.4, -0.2) is 27.3 Å². The van der Waals surface area contributed by atoms with Gasteiger partial charge in [0.05, 0.1) is 3.57 Å². The fourth-order valence-corrected chi connectivity index (χ4v) is 1.77. The molecule has 0 aliphatic rings. The number of hydrogen-bond donors (Lipinski definition) is 3. The summed E-state index contributed by atoms with van der Waals surface area (Å²) in [5.41, 5.74) is 0.567. The smallest absolute Gasteiger partial charge is 0.318 e. The van der Waals surface area contributed by atoms with Crippen LogP contribution < -0.4 is 0 Å². The summed E-state index contributed by atoms with van der Waals surface area (Å²) in [7, 11) is 0. The van der Waals surface area contributed by atoms with E-state index in [1.165, 1.54) is 12.1 Å². The normalized spacial score (nSPS) is 10.4. The van der Waals surface area contributed by atoms with Crippen molar-refractivity contribution in [1.82, 2.24) is 0 Å². The summed E-state index contributed by atoms with van der Waals surface area (Å²) in [6.07, 6.45) is -0.0963. The van der Waals surface area contributed by atoms with Gasteiger partial charge in [-0.05, 0) is 46.7 Å². The highest BCUT2D eigenvalue weighted by atomic mass is 127. The van der Waals surface area contributed by atoms with E-state index in [9.17, 15) is 14.7 Å². The van der Waals surface area contributed by atoms with Crippen molar-refractivity contribution in [3.05, 3.63) is 27.3 Å². The predicted octanol–water partition coefficient (Wildman–Crippen LogP) is 1.32. The van der Waals surface area contributed by atoms with Crippen LogP contribution in [0.2, 0.25) is 0 Å². The lowest BCUT2D eigenvalue weighted by Gasteiger charge is -2.08. The molecule has 0 aromatic heterocycles. The third-order valence-corrected chi connectivity index (χ3v) is 2.91. The molecule has 1 aromatic carbocycles. The van der Waals surface area contributed by atoms with E-state index in [4.69, 9.17) is 10.2 Å². The van der Waals surface area contributed by atoms with Crippen LogP contribution in [0.15, 0.2) is 18.2 Å². The Hall–Kier alpha value is -1.31. The Labute approximate surface area is 105 Å². The van der Waals surface area contributed by atoms with Gasteiger partial charge in [-0.25, -0.2) is 0 Å². The van der Waals surface area contributed by atoms with E-state index in [1.807, 2.05) is 22.6 Å². The van der Waals surface area contributed by atoms with Crippen molar-refractivity contribution in [3.63, 3.8) is 0 Å². The Kier molecular flexibility index (Phi) is 4.11. The molecule has 0 saturated heterocycles. The summed E-state index contributed by atoms with van der Waals surface area (Å²) >= 11 is 1.89. The summed E-state index contributed by atoms with van der Waals surface area (Å²) < 4.78 is 0.560. The minimum absolute atomic E-state index is 0.0894. The highest BCUT2D eigenvalue weighted by Gasteiger charge is 2.26. The lowest BCUT2D eigenvalue weighted by molar-refractivity contribution is -0.154. The zero-order valence-electron chi connectivity index (χ0n) is 8.05. The molecule has 5 nitrogen and oxygen atoms in total. The number of benzene rings is 1. The van der Waals surface area contributed by atoms with E-state index in [0.717, 1.165) is 0 Å². The first-order valence-electron chi connectivity index (χ1n) is 4.35. The molecule has 0 amide bonds. The second-order valence-corrected chi connectivity index (χ2v) is 4.38. The Morgan fingerprint density at radius 1 is 1.25 bits per heavy atom. The molecule has 0 aliphatic carbocycles. The lowest BCUT2D eigenvalue weighted by Crippen LogP contribution is -2.25. The molecular weight excluding hydrogens is 327 g/mol. The van der Waals surface area contributed by atoms with Gasteiger partial charge >= 0.3 is 11.9 Å². The van der Waals surface area contributed by atoms with E-state index in [-0.39, 0.29) is 12.2 Å². The number of aliphatic carboxylic acids is 2. The van der Waals surface area contributed by atoms with E-state index in [1.54, 1.807) is 6.07 Å². The SMILES string of the molecule is O=C(O)C(Cc1ccc(O)c(I)c1)C(=O)O. The average Bonchev–Trinajstić information content (AvgIpc) is 2.18. The van der Waals surface area contributed by atoms with Crippen molar-refractivity contribution in [1.29, 1.82) is 0 Å². The number of carboxylic acid groups (broad SMARTS) is 2. The Bertz CT molecular complexity index is 415. The third kappa shape index (κ3) is 3.09. The summed E-state index contributed by atoms with van der Waals surface area (Å²) in [6.45, 7) is 0. The van der Waals surface area contributed by atoms with Gasteiger partial charge in [0.1, 0.15) is 5.75 Å². The van der Waals surface area contributed by atoms with Gasteiger partial charge in [0.25, 0.3) is 0 Å². The first-order chi connectivity index (χ1) is 7.41. The zero-order chi connectivity index (χ0) is 12.3. The fraction of sp³-hybridized carbons (Fsp3) is 0.200. The first kappa shape index (κ1) is 12.8. The van der Waals surface area contributed by atoms with Crippen LogP contribution in [0.4, 0.5) is 0 Å². The molecule has 0 heterocycles. The van der Waals surface area contributed by atoms with Crippen LogP contribution in [0, 0.1) is 9.49 Å². The van der Waals surface area contributed by atoms with Crippen LogP contribution in [-0.2, 0) is 16.0 Å². The molecule has 16 heavy (non-hydrogen) atoms. The molecule has 0 saturated carbocycles. The molecular formula is C10H9IO5. The van der Waals surface area contributed by atoms with Gasteiger partial charge in [-0.15, -0.1) is 0 Å². The van der Waals surface area contributed by atoms with Crippen LogP contribution in [0.1, 0.15) is 5.56 Å². The van der Waals surface area contributed by atoms with Gasteiger partial charge in [-0.3, -0.25) is 9.59 Å². The molecule has 0 spiro atoms. The number of halogens is 1. The number of aromatic hydroxyl groups is 1. The van der Waals surface area contributed by atoms with Crippen LogP contribution in [0.5, 0.6) is 5.75 Å². The minimum atomic E-state index is -1.46. The number of carbonyl (C=O) groups is 2. The molecule has 6 heteroatoms. The Balaban J connectivity index is 2.90. The van der Waals surface area contributed by atoms with Crippen molar-refractivity contribution >= 4 is 34.5 Å². The van der Waals surface area contributed by atoms with E-state index < -0.39 is 17.9 Å². The van der Waals surface area contributed by atoms with Crippen molar-refractivity contribution in [3.8, 4) is 5.75 Å². The molecule has 0 fully saturated rings. The largest absolute Gasteiger partial charge is 0.507 e. The summed E-state index contributed by atoms with van der Waals surface area (Å²) in [5.74, 6) is -4.10. The predicted molar refractivity (Wildman–Crippen MR) is 63.3 cm³/mol. The van der Waals surface area contributed by atoms with E-state index in [2.05, 4.69) is 0 Å². The monoisotopic (exact) mass is 336 g/mol. The van der Waals surface area contributed by atoms with Gasteiger partial charge in [0.15, 0.2) is 5.92 Å². The van der Waals surface area contributed by atoms with Crippen molar-refractivity contribution in [2.24, 2.45) is 5.92 Å². The van der Waals surface area contributed by atoms with Crippen LogP contribution in [0.3, 0.4) is 0 Å². The summed E-state index contributed by atoms with van der Waals surface area (Å²) in [4.78, 5) is 21.3. The molecule has 3 N–H and O–H groups in total. The van der Waals surface area contributed by atoms with Crippen LogP contribution in [0.25, 0.3) is 0 Å². The quantitative estimate of drug-likeness (QED) is 0.570. The second-order valence-electron chi connectivity index (χ2n) is 3.22. The highest BCUT2D eigenvalue weighted by Crippen LogP contribution is 2.22. The number of rotatable bonds is 4. The van der Waals surface area contributed by atoms with E-state index in [0.29, 0.717) is 9.13 Å². The van der Waals surface area contributed by atoms with Gasteiger partial charge < -0.3 is 15.3 Å². The number of carboxylic acids is 2. The molecule has 0 atom stereocenters. The average molecular weight is 336 g/mol. The van der Waals surface area contributed by atoms with Gasteiger partial charge in [-0.2, -0.15) is 0 Å². The van der Waals surface area contributed by atoms with Crippen molar-refractivity contribution in [2.75, 3.05) is 0 Å². The van der Waals surface area contributed by atoms with E-state index >= 15 is 0 Å². The number of hydrogen-bond acceptors (Lipinski definition) is 3. The third-order valence-electron chi connectivity index (χ3n) is 2.05. The maximum atomic E-state index is 10.7. The Morgan fingerprint density at radius 3 is 2.25 bits per heavy atom. The van der Waals surface area contributed by atoms with Gasteiger partial charge in [-0.1, -0.05) is 6.07 Å². The van der Waals surface area contributed by atoms with Gasteiger partial charge in [0.2, 0.25) is 0 Å². The Morgan fingerprint density at radius 2 is 1.81 bits per heavy atom.